The quantitative estimate of drug-likeness (QED) is 0.494. The molecule has 3 aromatic rings. The molecule has 2 N–H and O–H groups in total. The summed E-state index contributed by atoms with van der Waals surface area (Å²) in [7, 11) is 0. The summed E-state index contributed by atoms with van der Waals surface area (Å²) in [5.74, 6) is -0.480. The second kappa shape index (κ2) is 6.65. The molecule has 31 heavy (non-hydrogen) atoms. The van der Waals surface area contributed by atoms with Gasteiger partial charge in [-0.05, 0) is 43.0 Å². The number of esters is 1. The van der Waals surface area contributed by atoms with E-state index < -0.39 is 11.6 Å². The molecule has 1 aromatic carbocycles. The third-order valence-corrected chi connectivity index (χ3v) is 6.76. The Balaban J connectivity index is 1.85. The number of phenolic OH excluding ortho intramolecular Hbond substituents is 1. The number of fused-ring (bicyclic) bond motifs is 5. The highest BCUT2D eigenvalue weighted by Gasteiger charge is 2.45. The number of aliphatic hydroxyl groups is 1. The molecule has 2 aliphatic rings. The molecule has 2 aromatic heterocycles. The Hall–Kier alpha value is -3.19. The molecule has 0 fully saturated rings. The SMILES string of the molecule is CCc1c(O)ccc2nc3c(c(CC)c12)Cn1c-3cc2c(c1=O)COC(=O)[C@]2(O)CC. The Morgan fingerprint density at radius 2 is 1.87 bits per heavy atom. The first kappa shape index (κ1) is 19.8. The standard InChI is InChI=1S/C24H24N2O5/c1-4-12-14-10-26-18(21(14)25-17-7-8-19(27)13(5-2)20(12)17)9-16-15(22(26)28)11-31-23(29)24(16,30)6-3/h7-9,27,30H,4-6,10-11H2,1-3H3/t24-/m0/s1. The van der Waals surface area contributed by atoms with E-state index in [1.807, 2.05) is 6.92 Å². The van der Waals surface area contributed by atoms with E-state index >= 15 is 0 Å². The summed E-state index contributed by atoms with van der Waals surface area (Å²) in [6.45, 7) is 5.96. The van der Waals surface area contributed by atoms with Crippen molar-refractivity contribution in [3.63, 3.8) is 0 Å². The Morgan fingerprint density at radius 1 is 1.13 bits per heavy atom. The Labute approximate surface area is 178 Å². The topological polar surface area (TPSA) is 102 Å². The minimum atomic E-state index is -1.84. The van der Waals surface area contributed by atoms with Crippen molar-refractivity contribution in [1.82, 2.24) is 9.55 Å². The zero-order chi connectivity index (χ0) is 22.1. The van der Waals surface area contributed by atoms with Gasteiger partial charge in [0.2, 0.25) is 0 Å². The van der Waals surface area contributed by atoms with Gasteiger partial charge in [0.25, 0.3) is 5.56 Å². The average molecular weight is 420 g/mol. The van der Waals surface area contributed by atoms with Crippen LogP contribution in [-0.4, -0.2) is 25.7 Å². The van der Waals surface area contributed by atoms with Crippen molar-refractivity contribution < 1.29 is 19.7 Å². The van der Waals surface area contributed by atoms with E-state index in [1.54, 1.807) is 29.7 Å². The number of aromatic hydroxyl groups is 1. The van der Waals surface area contributed by atoms with Crippen molar-refractivity contribution in [1.29, 1.82) is 0 Å². The lowest BCUT2D eigenvalue weighted by molar-refractivity contribution is -0.172. The smallest absolute Gasteiger partial charge is 0.343 e. The van der Waals surface area contributed by atoms with Gasteiger partial charge < -0.3 is 19.5 Å². The first-order chi connectivity index (χ1) is 14.8. The van der Waals surface area contributed by atoms with Crippen LogP contribution in [0.25, 0.3) is 22.3 Å². The Morgan fingerprint density at radius 3 is 2.55 bits per heavy atom. The number of hydrogen-bond donors (Lipinski definition) is 2. The molecule has 1 atom stereocenters. The van der Waals surface area contributed by atoms with Crippen molar-refractivity contribution in [3.8, 4) is 17.1 Å². The number of aromatic nitrogens is 2. The normalized spacial score (nSPS) is 19.2. The lowest BCUT2D eigenvalue weighted by atomic mass is 9.86. The fourth-order valence-electron chi connectivity index (χ4n) is 5.08. The molecule has 0 bridgehead atoms. The lowest BCUT2D eigenvalue weighted by Gasteiger charge is -2.31. The summed E-state index contributed by atoms with van der Waals surface area (Å²) in [5, 5.41) is 22.3. The van der Waals surface area contributed by atoms with Gasteiger partial charge in [0.15, 0.2) is 5.60 Å². The van der Waals surface area contributed by atoms with Crippen LogP contribution in [0.2, 0.25) is 0 Å². The highest BCUT2D eigenvalue weighted by Crippen LogP contribution is 2.41. The molecule has 0 saturated carbocycles. The zero-order valence-electron chi connectivity index (χ0n) is 17.8. The van der Waals surface area contributed by atoms with Crippen molar-refractivity contribution in [2.45, 2.75) is 58.8 Å². The number of hydrogen-bond acceptors (Lipinski definition) is 6. The van der Waals surface area contributed by atoms with E-state index in [4.69, 9.17) is 9.72 Å². The second-order valence-corrected chi connectivity index (χ2v) is 8.19. The van der Waals surface area contributed by atoms with Crippen molar-refractivity contribution in [2.75, 3.05) is 0 Å². The van der Waals surface area contributed by atoms with Gasteiger partial charge in [0, 0.05) is 22.1 Å². The molecule has 5 rings (SSSR count). The molecule has 0 amide bonds. The lowest BCUT2D eigenvalue weighted by Crippen LogP contribution is -2.44. The number of carbonyl (C=O) groups is 1. The first-order valence-electron chi connectivity index (χ1n) is 10.7. The second-order valence-electron chi connectivity index (χ2n) is 8.19. The van der Waals surface area contributed by atoms with Gasteiger partial charge in [0.1, 0.15) is 12.4 Å². The largest absolute Gasteiger partial charge is 0.508 e. The first-order valence-corrected chi connectivity index (χ1v) is 10.7. The van der Waals surface area contributed by atoms with E-state index in [0.29, 0.717) is 35.5 Å². The molecular weight excluding hydrogens is 396 g/mol. The molecule has 0 radical (unpaired) electrons. The summed E-state index contributed by atoms with van der Waals surface area (Å²) in [6, 6.07) is 5.18. The maximum absolute atomic E-state index is 13.3. The highest BCUT2D eigenvalue weighted by atomic mass is 16.6. The third-order valence-electron chi connectivity index (χ3n) is 6.76. The van der Waals surface area contributed by atoms with Gasteiger partial charge in [-0.3, -0.25) is 4.79 Å². The van der Waals surface area contributed by atoms with Gasteiger partial charge in [0.05, 0.1) is 29.0 Å². The zero-order valence-corrected chi connectivity index (χ0v) is 17.8. The van der Waals surface area contributed by atoms with Crippen LogP contribution in [0, 0.1) is 0 Å². The van der Waals surface area contributed by atoms with Crippen LogP contribution in [0.15, 0.2) is 23.0 Å². The predicted molar refractivity (Wildman–Crippen MR) is 115 cm³/mol. The summed E-state index contributed by atoms with van der Waals surface area (Å²) in [4.78, 5) is 30.5. The van der Waals surface area contributed by atoms with Gasteiger partial charge in [-0.15, -0.1) is 0 Å². The maximum atomic E-state index is 13.3. The van der Waals surface area contributed by atoms with Crippen LogP contribution < -0.4 is 5.56 Å². The summed E-state index contributed by atoms with van der Waals surface area (Å²) < 4.78 is 6.78. The van der Waals surface area contributed by atoms with E-state index in [9.17, 15) is 19.8 Å². The van der Waals surface area contributed by atoms with Crippen molar-refractivity contribution in [2.24, 2.45) is 0 Å². The number of ether oxygens (including phenoxy) is 1. The van der Waals surface area contributed by atoms with Crippen LogP contribution in [0.3, 0.4) is 0 Å². The van der Waals surface area contributed by atoms with Gasteiger partial charge in [-0.25, -0.2) is 9.78 Å². The minimum absolute atomic E-state index is 0.110. The third kappa shape index (κ3) is 2.47. The van der Waals surface area contributed by atoms with Gasteiger partial charge in [-0.2, -0.15) is 0 Å². The predicted octanol–water partition coefficient (Wildman–Crippen LogP) is 2.91. The fourth-order valence-corrected chi connectivity index (χ4v) is 5.08. The number of cyclic esters (lactones) is 1. The minimum Gasteiger partial charge on any atom is -0.508 e. The van der Waals surface area contributed by atoms with Crippen LogP contribution in [-0.2, 0) is 41.1 Å². The van der Waals surface area contributed by atoms with Crippen LogP contribution in [0.5, 0.6) is 5.75 Å². The summed E-state index contributed by atoms with van der Waals surface area (Å²) in [5.41, 5.74) is 3.43. The Bertz CT molecular complexity index is 1340. The number of pyridine rings is 2. The number of phenols is 1. The monoisotopic (exact) mass is 420 g/mol. The summed E-state index contributed by atoms with van der Waals surface area (Å²) >= 11 is 0. The molecular formula is C24H24N2O5. The Kier molecular flexibility index (Phi) is 4.24. The van der Waals surface area contributed by atoms with Crippen LogP contribution >= 0.6 is 0 Å². The molecule has 0 aliphatic carbocycles. The molecule has 4 heterocycles. The number of carbonyl (C=O) groups excluding carboxylic acids is 1. The molecule has 7 heteroatoms. The molecule has 160 valence electrons. The van der Waals surface area contributed by atoms with Crippen molar-refractivity contribution >= 4 is 16.9 Å². The average Bonchev–Trinajstić information content (AvgIpc) is 3.14. The van der Waals surface area contributed by atoms with E-state index in [-0.39, 0.29) is 24.3 Å². The number of aryl methyl sites for hydroxylation is 2. The molecule has 7 nitrogen and oxygen atoms in total. The highest BCUT2D eigenvalue weighted by molar-refractivity contribution is 5.92. The number of nitrogens with zero attached hydrogens (tertiary/aromatic N) is 2. The van der Waals surface area contributed by atoms with Gasteiger partial charge >= 0.3 is 5.97 Å². The molecule has 0 spiro atoms. The van der Waals surface area contributed by atoms with E-state index in [0.717, 1.165) is 34.0 Å². The number of rotatable bonds is 3. The molecule has 2 aliphatic heterocycles. The van der Waals surface area contributed by atoms with E-state index in [2.05, 4.69) is 6.92 Å². The van der Waals surface area contributed by atoms with E-state index in [1.165, 1.54) is 0 Å². The molecule has 0 saturated heterocycles. The fraction of sp³-hybridized carbons (Fsp3) is 0.375. The number of benzene rings is 1. The maximum Gasteiger partial charge on any atom is 0.343 e. The van der Waals surface area contributed by atoms with Gasteiger partial charge in [-0.1, -0.05) is 20.8 Å². The summed E-state index contributed by atoms with van der Waals surface area (Å²) in [6.07, 6.45) is 1.50. The van der Waals surface area contributed by atoms with Crippen LogP contribution in [0.4, 0.5) is 0 Å². The molecule has 0 unspecified atom stereocenters. The van der Waals surface area contributed by atoms with Crippen molar-refractivity contribution in [3.05, 3.63) is 56.4 Å². The van der Waals surface area contributed by atoms with Crippen LogP contribution in [0.1, 0.15) is 55.0 Å².